The van der Waals surface area contributed by atoms with E-state index in [0.717, 1.165) is 5.76 Å². The Balaban J connectivity index is 2.02. The molecule has 0 aliphatic heterocycles. The second-order valence-corrected chi connectivity index (χ2v) is 2.83. The van der Waals surface area contributed by atoms with Crippen LogP contribution in [0.4, 0.5) is 5.82 Å². The van der Waals surface area contributed by atoms with Crippen molar-refractivity contribution in [3.05, 3.63) is 42.2 Å². The molecule has 0 bridgehead atoms. The maximum absolute atomic E-state index is 8.63. The van der Waals surface area contributed by atoms with Crippen LogP contribution in [0.1, 0.15) is 11.5 Å². The van der Waals surface area contributed by atoms with E-state index in [4.69, 9.17) is 9.68 Å². The molecular formula is C10H8N4O. The van der Waals surface area contributed by atoms with Crippen molar-refractivity contribution in [1.29, 1.82) is 5.26 Å². The summed E-state index contributed by atoms with van der Waals surface area (Å²) in [5.74, 6) is 1.42. The molecule has 2 aromatic rings. The van der Waals surface area contributed by atoms with Crippen LogP contribution in [0.2, 0.25) is 0 Å². The molecule has 0 spiro atoms. The molecule has 0 fully saturated rings. The van der Waals surface area contributed by atoms with Gasteiger partial charge in [-0.05, 0) is 12.1 Å². The number of anilines is 1. The van der Waals surface area contributed by atoms with E-state index < -0.39 is 0 Å². The van der Waals surface area contributed by atoms with E-state index in [1.54, 1.807) is 12.3 Å². The SMILES string of the molecule is N#Cc1cc(NCc2ccco2)ncn1. The molecule has 0 aromatic carbocycles. The fraction of sp³-hybridized carbons (Fsp3) is 0.100. The predicted octanol–water partition coefficient (Wildman–Crippen LogP) is 1.55. The number of hydrogen-bond donors (Lipinski definition) is 1. The van der Waals surface area contributed by atoms with Gasteiger partial charge in [-0.1, -0.05) is 0 Å². The average molecular weight is 200 g/mol. The van der Waals surface area contributed by atoms with E-state index in [0.29, 0.717) is 18.1 Å². The highest BCUT2D eigenvalue weighted by atomic mass is 16.3. The lowest BCUT2D eigenvalue weighted by atomic mass is 10.4. The second-order valence-electron chi connectivity index (χ2n) is 2.83. The van der Waals surface area contributed by atoms with E-state index in [1.165, 1.54) is 6.33 Å². The van der Waals surface area contributed by atoms with Crippen LogP contribution < -0.4 is 5.32 Å². The first-order chi connectivity index (χ1) is 7.38. The molecule has 1 N–H and O–H groups in total. The molecule has 0 atom stereocenters. The van der Waals surface area contributed by atoms with Gasteiger partial charge in [-0.15, -0.1) is 0 Å². The summed E-state index contributed by atoms with van der Waals surface area (Å²) >= 11 is 0. The van der Waals surface area contributed by atoms with Gasteiger partial charge in [-0.2, -0.15) is 5.26 Å². The maximum atomic E-state index is 8.63. The zero-order valence-electron chi connectivity index (χ0n) is 7.84. The van der Waals surface area contributed by atoms with Gasteiger partial charge in [0.1, 0.15) is 29.7 Å². The highest BCUT2D eigenvalue weighted by molar-refractivity contribution is 5.38. The van der Waals surface area contributed by atoms with Crippen molar-refractivity contribution in [2.24, 2.45) is 0 Å². The summed E-state index contributed by atoms with van der Waals surface area (Å²) in [5.41, 5.74) is 0.340. The third-order valence-electron chi connectivity index (χ3n) is 1.81. The van der Waals surface area contributed by atoms with Crippen LogP contribution in [0.15, 0.2) is 35.2 Å². The van der Waals surface area contributed by atoms with Crippen molar-refractivity contribution in [1.82, 2.24) is 9.97 Å². The molecule has 5 heteroatoms. The predicted molar refractivity (Wildman–Crippen MR) is 52.8 cm³/mol. The third kappa shape index (κ3) is 2.31. The Kier molecular flexibility index (Phi) is 2.61. The highest BCUT2D eigenvalue weighted by Crippen LogP contribution is 2.06. The Hall–Kier alpha value is -2.35. The van der Waals surface area contributed by atoms with E-state index >= 15 is 0 Å². The summed E-state index contributed by atoms with van der Waals surface area (Å²) in [5, 5.41) is 11.7. The van der Waals surface area contributed by atoms with E-state index in [-0.39, 0.29) is 0 Å². The zero-order chi connectivity index (χ0) is 10.5. The molecule has 74 valence electrons. The topological polar surface area (TPSA) is 74.7 Å². The van der Waals surface area contributed by atoms with Gasteiger partial charge in [0.05, 0.1) is 12.8 Å². The number of rotatable bonds is 3. The van der Waals surface area contributed by atoms with Gasteiger partial charge in [0.25, 0.3) is 0 Å². The van der Waals surface area contributed by atoms with Crippen LogP contribution in [0, 0.1) is 11.3 Å². The van der Waals surface area contributed by atoms with Crippen molar-refractivity contribution < 1.29 is 4.42 Å². The molecule has 0 aliphatic rings. The van der Waals surface area contributed by atoms with Gasteiger partial charge in [0, 0.05) is 6.07 Å². The molecular weight excluding hydrogens is 192 g/mol. The van der Waals surface area contributed by atoms with Gasteiger partial charge in [-0.3, -0.25) is 0 Å². The minimum Gasteiger partial charge on any atom is -0.467 e. The lowest BCUT2D eigenvalue weighted by molar-refractivity contribution is 0.518. The Morgan fingerprint density at radius 1 is 1.47 bits per heavy atom. The molecule has 5 nitrogen and oxygen atoms in total. The molecule has 2 aromatic heterocycles. The summed E-state index contributed by atoms with van der Waals surface area (Å²) in [6, 6.07) is 7.21. The van der Waals surface area contributed by atoms with Crippen molar-refractivity contribution in [2.75, 3.05) is 5.32 Å². The van der Waals surface area contributed by atoms with Crippen LogP contribution >= 0.6 is 0 Å². The van der Waals surface area contributed by atoms with Crippen LogP contribution in [0.5, 0.6) is 0 Å². The lowest BCUT2D eigenvalue weighted by Gasteiger charge is -2.02. The van der Waals surface area contributed by atoms with E-state index in [1.807, 2.05) is 18.2 Å². The molecule has 0 radical (unpaired) electrons. The average Bonchev–Trinajstić information content (AvgIpc) is 2.79. The first-order valence-corrected chi connectivity index (χ1v) is 4.37. The smallest absolute Gasteiger partial charge is 0.145 e. The summed E-state index contributed by atoms with van der Waals surface area (Å²) in [7, 11) is 0. The molecule has 0 unspecified atom stereocenters. The molecule has 0 aliphatic carbocycles. The van der Waals surface area contributed by atoms with Gasteiger partial charge in [0.2, 0.25) is 0 Å². The number of nitriles is 1. The third-order valence-corrected chi connectivity index (χ3v) is 1.81. The van der Waals surface area contributed by atoms with Crippen molar-refractivity contribution >= 4 is 5.82 Å². The van der Waals surface area contributed by atoms with E-state index in [2.05, 4.69) is 15.3 Å². The fourth-order valence-electron chi connectivity index (χ4n) is 1.11. The molecule has 0 saturated heterocycles. The van der Waals surface area contributed by atoms with Gasteiger partial charge < -0.3 is 9.73 Å². The number of nitrogens with one attached hydrogen (secondary N) is 1. The fourth-order valence-corrected chi connectivity index (χ4v) is 1.11. The van der Waals surface area contributed by atoms with Crippen LogP contribution in [0.3, 0.4) is 0 Å². The second kappa shape index (κ2) is 4.24. The molecule has 2 heterocycles. The minimum absolute atomic E-state index is 0.340. The number of hydrogen-bond acceptors (Lipinski definition) is 5. The first-order valence-electron chi connectivity index (χ1n) is 4.37. The molecule has 0 amide bonds. The van der Waals surface area contributed by atoms with Crippen molar-refractivity contribution in [2.45, 2.75) is 6.54 Å². The van der Waals surface area contributed by atoms with Crippen LogP contribution in [-0.4, -0.2) is 9.97 Å². The summed E-state index contributed by atoms with van der Waals surface area (Å²) in [6.45, 7) is 0.537. The van der Waals surface area contributed by atoms with Crippen molar-refractivity contribution in [3.63, 3.8) is 0 Å². The summed E-state index contributed by atoms with van der Waals surface area (Å²) < 4.78 is 5.14. The summed E-state index contributed by atoms with van der Waals surface area (Å²) in [4.78, 5) is 7.74. The standard InChI is InChI=1S/C10H8N4O/c11-5-8-4-10(14-7-13-8)12-6-9-2-1-3-15-9/h1-4,7H,6H2,(H,12,13,14). The quantitative estimate of drug-likeness (QED) is 0.813. The van der Waals surface area contributed by atoms with Gasteiger partial charge in [0.15, 0.2) is 0 Å². The Bertz CT molecular complexity index is 472. The number of aromatic nitrogens is 2. The van der Waals surface area contributed by atoms with Crippen LogP contribution in [0.25, 0.3) is 0 Å². The Morgan fingerprint density at radius 3 is 3.13 bits per heavy atom. The van der Waals surface area contributed by atoms with E-state index in [9.17, 15) is 0 Å². The first kappa shape index (κ1) is 9.21. The largest absolute Gasteiger partial charge is 0.467 e. The normalized spacial score (nSPS) is 9.53. The van der Waals surface area contributed by atoms with Crippen LogP contribution in [-0.2, 0) is 6.54 Å². The highest BCUT2D eigenvalue weighted by Gasteiger charge is 1.98. The molecule has 2 rings (SSSR count). The van der Waals surface area contributed by atoms with Gasteiger partial charge >= 0.3 is 0 Å². The van der Waals surface area contributed by atoms with Crippen molar-refractivity contribution in [3.8, 4) is 6.07 Å². The summed E-state index contributed by atoms with van der Waals surface area (Å²) in [6.07, 6.45) is 2.96. The molecule has 0 saturated carbocycles. The Labute approximate surface area is 86.4 Å². The minimum atomic E-state index is 0.340. The Morgan fingerprint density at radius 2 is 2.40 bits per heavy atom. The lowest BCUT2D eigenvalue weighted by Crippen LogP contribution is -2.01. The molecule has 15 heavy (non-hydrogen) atoms. The number of furan rings is 1. The number of nitrogens with zero attached hydrogens (tertiary/aromatic N) is 3. The zero-order valence-corrected chi connectivity index (χ0v) is 7.84. The monoisotopic (exact) mass is 200 g/mol. The maximum Gasteiger partial charge on any atom is 0.145 e. The van der Waals surface area contributed by atoms with Gasteiger partial charge in [-0.25, -0.2) is 9.97 Å².